The Kier molecular flexibility index (Phi) is 4.86. The highest BCUT2D eigenvalue weighted by Crippen LogP contribution is 2.19. The summed E-state index contributed by atoms with van der Waals surface area (Å²) in [4.78, 5) is 0.181. The summed E-state index contributed by atoms with van der Waals surface area (Å²) in [5.41, 5.74) is 0.724. The van der Waals surface area contributed by atoms with E-state index in [1.165, 1.54) is 23.9 Å². The first-order valence-corrected chi connectivity index (χ1v) is 8.77. The first-order valence-electron chi connectivity index (χ1n) is 5.73. The van der Waals surface area contributed by atoms with E-state index in [-0.39, 0.29) is 4.90 Å². The van der Waals surface area contributed by atoms with Crippen LogP contribution in [0.2, 0.25) is 5.02 Å². The van der Waals surface area contributed by atoms with E-state index in [0.29, 0.717) is 10.1 Å². The van der Waals surface area contributed by atoms with Gasteiger partial charge in [-0.2, -0.15) is 12.8 Å². The molecule has 0 unspecified atom stereocenters. The van der Waals surface area contributed by atoms with Crippen molar-refractivity contribution in [2.75, 3.05) is 6.26 Å². The lowest BCUT2D eigenvalue weighted by Crippen LogP contribution is -2.03. The Balaban J connectivity index is 2.43. The molecule has 0 aliphatic carbocycles. The van der Waals surface area contributed by atoms with Crippen molar-refractivity contribution in [2.45, 2.75) is 4.90 Å². The lowest BCUT2D eigenvalue weighted by atomic mass is 10.2. The fraction of sp³-hybridized carbons (Fsp3) is 0.0714. The van der Waals surface area contributed by atoms with Crippen LogP contribution < -0.4 is 0 Å². The quantitative estimate of drug-likeness (QED) is 0.636. The summed E-state index contributed by atoms with van der Waals surface area (Å²) in [6.45, 7) is 0. The van der Waals surface area contributed by atoms with E-state index in [9.17, 15) is 8.42 Å². The van der Waals surface area contributed by atoms with Gasteiger partial charge in [0.2, 0.25) is 0 Å². The fourth-order valence-corrected chi connectivity index (χ4v) is 3.58. The van der Waals surface area contributed by atoms with Crippen molar-refractivity contribution < 1.29 is 8.42 Å². The van der Waals surface area contributed by atoms with Crippen molar-refractivity contribution in [3.05, 3.63) is 65.2 Å². The molecule has 0 heterocycles. The molecule has 3 nitrogen and oxygen atoms in total. The molecule has 2 rings (SSSR count). The topological polar surface area (TPSA) is 46.5 Å². The third-order valence-electron chi connectivity index (χ3n) is 2.53. The van der Waals surface area contributed by atoms with Gasteiger partial charge in [-0.15, -0.1) is 11.8 Å². The summed E-state index contributed by atoms with van der Waals surface area (Å²) in [6.07, 6.45) is 1.79. The van der Waals surface area contributed by atoms with Crippen LogP contribution in [0, 0.1) is 0 Å². The summed E-state index contributed by atoms with van der Waals surface area (Å²) >= 11 is 7.10. The number of hydrogen-bond donors (Lipinski definition) is 0. The van der Waals surface area contributed by atoms with Crippen LogP contribution in [0.15, 0.2) is 63.9 Å². The summed E-state index contributed by atoms with van der Waals surface area (Å²) in [5, 5.41) is 1.03. The van der Waals surface area contributed by atoms with Gasteiger partial charge in [-0.3, -0.25) is 0 Å². The van der Waals surface area contributed by atoms with E-state index >= 15 is 0 Å². The van der Waals surface area contributed by atoms with Crippen molar-refractivity contribution >= 4 is 38.4 Å². The number of rotatable bonds is 3. The predicted molar refractivity (Wildman–Crippen MR) is 85.1 cm³/mol. The maximum Gasteiger partial charge on any atom is 0.283 e. The minimum Gasteiger partial charge on any atom is -0.199 e. The molecule has 2 aromatic carbocycles. The first kappa shape index (κ1) is 15.1. The van der Waals surface area contributed by atoms with Crippen molar-refractivity contribution in [1.29, 1.82) is 0 Å². The van der Waals surface area contributed by atoms with E-state index in [1.807, 2.05) is 0 Å². The normalized spacial score (nSPS) is 12.4. The van der Waals surface area contributed by atoms with Gasteiger partial charge in [0, 0.05) is 10.6 Å². The van der Waals surface area contributed by atoms with Gasteiger partial charge in [0.1, 0.15) is 5.04 Å². The zero-order valence-corrected chi connectivity index (χ0v) is 13.0. The molecular weight excluding hydrogens is 314 g/mol. The van der Waals surface area contributed by atoms with E-state index < -0.39 is 10.0 Å². The molecule has 0 radical (unpaired) electrons. The molecule has 20 heavy (non-hydrogen) atoms. The predicted octanol–water partition coefficient (Wildman–Crippen LogP) is 3.84. The SMILES string of the molecule is CSC(=NS(=O)(=O)c1ccccc1)c1ccc(Cl)cc1. The molecule has 0 amide bonds. The number of halogens is 1. The number of benzene rings is 2. The van der Waals surface area contributed by atoms with Gasteiger partial charge in [-0.05, 0) is 30.5 Å². The number of sulfonamides is 1. The summed E-state index contributed by atoms with van der Waals surface area (Å²) in [7, 11) is -3.70. The largest absolute Gasteiger partial charge is 0.283 e. The second-order valence-corrected chi connectivity index (χ2v) is 6.73. The Bertz CT molecular complexity index is 711. The van der Waals surface area contributed by atoms with Crippen LogP contribution in [0.4, 0.5) is 0 Å². The Morgan fingerprint density at radius 1 is 1.05 bits per heavy atom. The Morgan fingerprint density at radius 2 is 1.65 bits per heavy atom. The molecule has 0 fully saturated rings. The zero-order chi connectivity index (χ0) is 14.6. The third kappa shape index (κ3) is 3.62. The van der Waals surface area contributed by atoms with Crippen LogP contribution in [0.1, 0.15) is 5.56 Å². The lowest BCUT2D eigenvalue weighted by molar-refractivity contribution is 0.598. The maximum atomic E-state index is 12.2. The minimum atomic E-state index is -3.70. The van der Waals surface area contributed by atoms with Crippen LogP contribution >= 0.6 is 23.4 Å². The molecule has 0 N–H and O–H groups in total. The average molecular weight is 326 g/mol. The second kappa shape index (κ2) is 6.43. The highest BCUT2D eigenvalue weighted by molar-refractivity contribution is 8.14. The molecule has 0 bridgehead atoms. The van der Waals surface area contributed by atoms with Crippen LogP contribution in [0.3, 0.4) is 0 Å². The average Bonchev–Trinajstić information content (AvgIpc) is 2.47. The number of thioether (sulfide) groups is 1. The summed E-state index contributed by atoms with van der Waals surface area (Å²) in [6, 6.07) is 15.1. The first-order chi connectivity index (χ1) is 9.53. The van der Waals surface area contributed by atoms with Crippen molar-refractivity contribution in [2.24, 2.45) is 4.40 Å². The molecule has 2 aromatic rings. The molecule has 0 saturated heterocycles. The monoisotopic (exact) mass is 325 g/mol. The van der Waals surface area contributed by atoms with Gasteiger partial charge >= 0.3 is 0 Å². The molecule has 0 atom stereocenters. The van der Waals surface area contributed by atoms with Crippen LogP contribution in [0.5, 0.6) is 0 Å². The summed E-state index contributed by atoms with van der Waals surface area (Å²) < 4.78 is 28.3. The minimum absolute atomic E-state index is 0.181. The maximum absolute atomic E-state index is 12.2. The molecule has 0 spiro atoms. The fourth-order valence-electron chi connectivity index (χ4n) is 1.55. The molecule has 104 valence electrons. The van der Waals surface area contributed by atoms with Gasteiger partial charge < -0.3 is 0 Å². The second-order valence-electron chi connectivity index (χ2n) is 3.90. The molecule has 0 aromatic heterocycles. The van der Waals surface area contributed by atoms with E-state index in [2.05, 4.69) is 4.40 Å². The number of nitrogens with zero attached hydrogens (tertiary/aromatic N) is 1. The van der Waals surface area contributed by atoms with Crippen molar-refractivity contribution in [1.82, 2.24) is 0 Å². The summed E-state index contributed by atoms with van der Waals surface area (Å²) in [5.74, 6) is 0. The number of hydrogen-bond acceptors (Lipinski definition) is 3. The Hall–Kier alpha value is -1.30. The molecule has 0 aliphatic rings. The van der Waals surface area contributed by atoms with Crippen molar-refractivity contribution in [3.63, 3.8) is 0 Å². The molecule has 6 heteroatoms. The van der Waals surface area contributed by atoms with E-state index in [4.69, 9.17) is 11.6 Å². The molecule has 0 saturated carbocycles. The Morgan fingerprint density at radius 3 is 2.20 bits per heavy atom. The van der Waals surface area contributed by atoms with Crippen LogP contribution in [0.25, 0.3) is 0 Å². The molecular formula is C14H12ClNO2S2. The smallest absolute Gasteiger partial charge is 0.199 e. The van der Waals surface area contributed by atoms with Gasteiger partial charge in [0.15, 0.2) is 0 Å². The van der Waals surface area contributed by atoms with Gasteiger partial charge in [0.05, 0.1) is 4.90 Å². The Labute approximate surface area is 127 Å². The standard InChI is InChI=1S/C14H12ClNO2S2/c1-19-14(11-7-9-12(15)10-8-11)16-20(17,18)13-5-3-2-4-6-13/h2-10H,1H3. The zero-order valence-electron chi connectivity index (χ0n) is 10.7. The third-order valence-corrected chi connectivity index (χ3v) is 4.90. The van der Waals surface area contributed by atoms with Gasteiger partial charge in [-0.1, -0.05) is 41.9 Å². The highest BCUT2D eigenvalue weighted by atomic mass is 35.5. The van der Waals surface area contributed by atoms with Gasteiger partial charge in [0.25, 0.3) is 10.0 Å². The van der Waals surface area contributed by atoms with E-state index in [0.717, 1.165) is 5.56 Å². The lowest BCUT2D eigenvalue weighted by Gasteiger charge is -2.04. The van der Waals surface area contributed by atoms with Gasteiger partial charge in [-0.25, -0.2) is 0 Å². The van der Waals surface area contributed by atoms with E-state index in [1.54, 1.807) is 48.7 Å². The van der Waals surface area contributed by atoms with Crippen LogP contribution in [-0.2, 0) is 10.0 Å². The van der Waals surface area contributed by atoms with Crippen molar-refractivity contribution in [3.8, 4) is 0 Å². The highest BCUT2D eigenvalue weighted by Gasteiger charge is 2.14. The van der Waals surface area contributed by atoms with Crippen LogP contribution in [-0.4, -0.2) is 19.7 Å². The molecule has 0 aliphatic heterocycles.